The third-order valence-corrected chi connectivity index (χ3v) is 8.72. The number of pyridine rings is 1. The first-order valence-corrected chi connectivity index (χ1v) is 14.9. The summed E-state index contributed by atoms with van der Waals surface area (Å²) in [4.78, 5) is 42.8. The Kier molecular flexibility index (Phi) is 8.56. The van der Waals surface area contributed by atoms with E-state index in [0.29, 0.717) is 55.5 Å². The lowest BCUT2D eigenvalue weighted by Crippen LogP contribution is -2.48. The molecule has 9 nitrogen and oxygen atoms in total. The van der Waals surface area contributed by atoms with E-state index in [4.69, 9.17) is 9.97 Å². The van der Waals surface area contributed by atoms with Gasteiger partial charge in [0.2, 0.25) is 5.91 Å². The molecule has 4 aromatic rings. The van der Waals surface area contributed by atoms with Crippen molar-refractivity contribution < 1.29 is 9.59 Å². The van der Waals surface area contributed by atoms with Crippen molar-refractivity contribution in [1.29, 1.82) is 0 Å². The van der Waals surface area contributed by atoms with Crippen LogP contribution < -0.4 is 4.90 Å². The zero-order chi connectivity index (χ0) is 28.2. The number of ketones is 1. The Balaban J connectivity index is 1.50. The van der Waals surface area contributed by atoms with Crippen LogP contribution in [0.1, 0.15) is 50.9 Å². The second kappa shape index (κ2) is 12.3. The SMILES string of the molecule is CCN(CC)[C@@H](C)CCC(=O)c1cc(-c2cnn3ccc(-c4cccs4)nc23)nc(N2CCN(C(C)=O)CC2)c1. The summed E-state index contributed by atoms with van der Waals surface area (Å²) < 4.78 is 1.75. The molecule has 5 rings (SSSR count). The molecule has 4 aromatic heterocycles. The number of nitrogens with zero attached hydrogens (tertiary/aromatic N) is 7. The summed E-state index contributed by atoms with van der Waals surface area (Å²) >= 11 is 1.64. The smallest absolute Gasteiger partial charge is 0.219 e. The average molecular weight is 560 g/mol. The first-order chi connectivity index (χ1) is 19.4. The van der Waals surface area contributed by atoms with E-state index in [1.54, 1.807) is 29.0 Å². The second-order valence-corrected chi connectivity index (χ2v) is 11.2. The van der Waals surface area contributed by atoms with E-state index in [1.165, 1.54) is 0 Å². The van der Waals surface area contributed by atoms with Gasteiger partial charge in [0.1, 0.15) is 5.82 Å². The molecule has 0 saturated carbocycles. The predicted molar refractivity (Wildman–Crippen MR) is 160 cm³/mol. The number of Topliss-reactive ketones (excluding diaryl/α,β-unsaturated/α-hetero) is 1. The molecule has 0 aromatic carbocycles. The number of anilines is 1. The van der Waals surface area contributed by atoms with Gasteiger partial charge in [-0.15, -0.1) is 11.3 Å². The van der Waals surface area contributed by atoms with Crippen molar-refractivity contribution in [3.63, 3.8) is 0 Å². The Hall–Kier alpha value is -3.63. The molecule has 5 heterocycles. The molecule has 1 atom stereocenters. The Bertz CT molecular complexity index is 1470. The van der Waals surface area contributed by atoms with Crippen molar-refractivity contribution >= 4 is 34.5 Å². The molecule has 0 radical (unpaired) electrons. The minimum Gasteiger partial charge on any atom is -0.353 e. The molecule has 0 aliphatic carbocycles. The highest BCUT2D eigenvalue weighted by atomic mass is 32.1. The van der Waals surface area contributed by atoms with Crippen LogP contribution in [-0.2, 0) is 4.79 Å². The predicted octanol–water partition coefficient (Wildman–Crippen LogP) is 4.88. The molecule has 0 spiro atoms. The molecule has 0 unspecified atom stereocenters. The fourth-order valence-corrected chi connectivity index (χ4v) is 6.05. The van der Waals surface area contributed by atoms with E-state index in [2.05, 4.69) is 41.7 Å². The van der Waals surface area contributed by atoms with Crippen LogP contribution in [0.3, 0.4) is 0 Å². The molecule has 1 saturated heterocycles. The number of thiophene rings is 1. The summed E-state index contributed by atoms with van der Waals surface area (Å²) in [5.41, 5.74) is 3.69. The standard InChI is InChI=1S/C30H37N7O2S/c1-5-34(6-2)21(3)9-10-27(39)23-18-26(32-29(19-23)36-15-13-35(14-16-36)22(4)38)24-20-31-37-12-11-25(33-30(24)37)28-8-7-17-40-28/h7-8,11-12,17-21H,5-6,9-10,13-16H2,1-4H3/t21-/m0/s1. The molecular weight excluding hydrogens is 522 g/mol. The lowest BCUT2D eigenvalue weighted by atomic mass is 10.0. The maximum atomic E-state index is 13.6. The zero-order valence-corrected chi connectivity index (χ0v) is 24.5. The highest BCUT2D eigenvalue weighted by molar-refractivity contribution is 7.13. The van der Waals surface area contributed by atoms with Gasteiger partial charge in [-0.1, -0.05) is 19.9 Å². The van der Waals surface area contributed by atoms with Crippen molar-refractivity contribution in [2.24, 2.45) is 0 Å². The lowest BCUT2D eigenvalue weighted by molar-refractivity contribution is -0.129. The van der Waals surface area contributed by atoms with Gasteiger partial charge in [0.05, 0.1) is 28.0 Å². The largest absolute Gasteiger partial charge is 0.353 e. The zero-order valence-electron chi connectivity index (χ0n) is 23.7. The number of rotatable bonds is 10. The van der Waals surface area contributed by atoms with Gasteiger partial charge >= 0.3 is 0 Å². The number of piperazine rings is 1. The van der Waals surface area contributed by atoms with Crippen LogP contribution in [0.4, 0.5) is 5.82 Å². The summed E-state index contributed by atoms with van der Waals surface area (Å²) in [7, 11) is 0. The number of aromatic nitrogens is 4. The van der Waals surface area contributed by atoms with E-state index < -0.39 is 0 Å². The molecule has 1 fully saturated rings. The highest BCUT2D eigenvalue weighted by Crippen LogP contribution is 2.30. The topological polar surface area (TPSA) is 86.9 Å². The molecule has 1 amide bonds. The summed E-state index contributed by atoms with van der Waals surface area (Å²) in [6.45, 7) is 12.6. The van der Waals surface area contributed by atoms with Crippen LogP contribution in [0.2, 0.25) is 0 Å². The minimum atomic E-state index is 0.0820. The fraction of sp³-hybridized carbons (Fsp3) is 0.433. The van der Waals surface area contributed by atoms with E-state index in [1.807, 2.05) is 40.7 Å². The normalized spacial score (nSPS) is 14.7. The van der Waals surface area contributed by atoms with Crippen LogP contribution in [-0.4, -0.2) is 86.4 Å². The van der Waals surface area contributed by atoms with Crippen molar-refractivity contribution in [1.82, 2.24) is 29.4 Å². The molecule has 0 N–H and O–H groups in total. The second-order valence-electron chi connectivity index (χ2n) is 10.2. The van der Waals surface area contributed by atoms with Gasteiger partial charge in [0.15, 0.2) is 11.4 Å². The van der Waals surface area contributed by atoms with Crippen molar-refractivity contribution in [3.05, 3.63) is 53.7 Å². The average Bonchev–Trinajstić information content (AvgIpc) is 3.66. The maximum absolute atomic E-state index is 13.6. The van der Waals surface area contributed by atoms with Crippen molar-refractivity contribution in [3.8, 4) is 21.8 Å². The van der Waals surface area contributed by atoms with Crippen LogP contribution in [0.15, 0.2) is 48.1 Å². The van der Waals surface area contributed by atoms with Crippen molar-refractivity contribution in [2.45, 2.75) is 46.6 Å². The molecule has 1 aliphatic rings. The summed E-state index contributed by atoms with van der Waals surface area (Å²) in [5, 5.41) is 6.57. The monoisotopic (exact) mass is 559 g/mol. The third kappa shape index (κ3) is 5.93. The molecule has 40 heavy (non-hydrogen) atoms. The minimum absolute atomic E-state index is 0.0820. The van der Waals surface area contributed by atoms with Crippen LogP contribution in [0.25, 0.3) is 27.5 Å². The Labute approximate surface area is 239 Å². The van der Waals surface area contributed by atoms with Gasteiger partial charge < -0.3 is 14.7 Å². The lowest BCUT2D eigenvalue weighted by Gasteiger charge is -2.35. The van der Waals surface area contributed by atoms with Gasteiger partial charge in [-0.3, -0.25) is 9.59 Å². The van der Waals surface area contributed by atoms with Crippen LogP contribution in [0, 0.1) is 0 Å². The fourth-order valence-electron chi connectivity index (χ4n) is 5.35. The number of hydrogen-bond donors (Lipinski definition) is 0. The number of carbonyl (C=O) groups excluding carboxylic acids is 2. The Morgan fingerprint density at radius 3 is 2.50 bits per heavy atom. The number of amides is 1. The van der Waals surface area contributed by atoms with Gasteiger partial charge in [0, 0.05) is 57.3 Å². The third-order valence-electron chi connectivity index (χ3n) is 7.83. The Morgan fingerprint density at radius 1 is 1.05 bits per heavy atom. The van der Waals surface area contributed by atoms with Gasteiger partial charge in [-0.2, -0.15) is 5.10 Å². The number of fused-ring (bicyclic) bond motifs is 1. The quantitative estimate of drug-likeness (QED) is 0.256. The first-order valence-electron chi connectivity index (χ1n) is 14.1. The molecule has 0 bridgehead atoms. The molecule has 1 aliphatic heterocycles. The van der Waals surface area contributed by atoms with E-state index >= 15 is 0 Å². The summed E-state index contributed by atoms with van der Waals surface area (Å²) in [6, 6.07) is 10.1. The summed E-state index contributed by atoms with van der Waals surface area (Å²) in [5.74, 6) is 0.933. The van der Waals surface area contributed by atoms with Gasteiger partial charge in [-0.25, -0.2) is 14.5 Å². The van der Waals surface area contributed by atoms with E-state index in [0.717, 1.165) is 41.5 Å². The van der Waals surface area contributed by atoms with Crippen molar-refractivity contribution in [2.75, 3.05) is 44.2 Å². The van der Waals surface area contributed by atoms with E-state index in [9.17, 15) is 9.59 Å². The Morgan fingerprint density at radius 2 is 1.82 bits per heavy atom. The highest BCUT2D eigenvalue weighted by Gasteiger charge is 2.23. The molecule has 10 heteroatoms. The number of carbonyl (C=O) groups is 2. The van der Waals surface area contributed by atoms with E-state index in [-0.39, 0.29) is 11.7 Å². The number of hydrogen-bond acceptors (Lipinski definition) is 8. The molecule has 210 valence electrons. The maximum Gasteiger partial charge on any atom is 0.219 e. The van der Waals surface area contributed by atoms with Crippen LogP contribution in [0.5, 0.6) is 0 Å². The summed E-state index contributed by atoms with van der Waals surface area (Å²) in [6.07, 6.45) is 4.95. The van der Waals surface area contributed by atoms with Crippen LogP contribution >= 0.6 is 11.3 Å². The van der Waals surface area contributed by atoms with Gasteiger partial charge in [-0.05, 0) is 56.1 Å². The molecular formula is C30H37N7O2S. The van der Waals surface area contributed by atoms with Gasteiger partial charge in [0.25, 0.3) is 0 Å². The first kappa shape index (κ1) is 27.9.